The Hall–Kier alpha value is -1.25. The number of rotatable bonds is 2. The van der Waals surface area contributed by atoms with E-state index in [0.717, 1.165) is 5.56 Å². The number of benzene rings is 1. The van der Waals surface area contributed by atoms with E-state index in [1.807, 2.05) is 6.92 Å². The van der Waals surface area contributed by atoms with E-state index in [1.165, 1.54) is 0 Å². The fourth-order valence-electron chi connectivity index (χ4n) is 1.02. The van der Waals surface area contributed by atoms with Crippen molar-refractivity contribution in [3.63, 3.8) is 0 Å². The van der Waals surface area contributed by atoms with Crippen molar-refractivity contribution in [1.29, 1.82) is 0 Å². The predicted octanol–water partition coefficient (Wildman–Crippen LogP) is 2.31. The zero-order chi connectivity index (χ0) is 9.14. The third-order valence-corrected chi connectivity index (χ3v) is 1.69. The number of phenols is 1. The van der Waals surface area contributed by atoms with E-state index < -0.39 is 6.86 Å². The van der Waals surface area contributed by atoms with E-state index in [2.05, 4.69) is 4.74 Å². The molecular weight excluding hydrogens is 159 g/mol. The lowest BCUT2D eigenvalue weighted by atomic mass is 10.1. The first-order valence-corrected chi connectivity index (χ1v) is 3.64. The zero-order valence-electron chi connectivity index (χ0n) is 7.10. The van der Waals surface area contributed by atoms with Gasteiger partial charge in [-0.15, -0.1) is 0 Å². The highest BCUT2D eigenvalue weighted by molar-refractivity contribution is 5.45. The molecule has 0 unspecified atom stereocenters. The summed E-state index contributed by atoms with van der Waals surface area (Å²) in [6.07, 6.45) is 0. The van der Waals surface area contributed by atoms with E-state index in [-0.39, 0.29) is 5.75 Å². The van der Waals surface area contributed by atoms with Gasteiger partial charge in [0.25, 0.3) is 0 Å². The second-order valence-electron chi connectivity index (χ2n) is 2.66. The van der Waals surface area contributed by atoms with Crippen LogP contribution in [0.25, 0.3) is 0 Å². The van der Waals surface area contributed by atoms with Crippen LogP contribution in [0.15, 0.2) is 12.1 Å². The second-order valence-corrected chi connectivity index (χ2v) is 2.66. The van der Waals surface area contributed by atoms with E-state index in [0.29, 0.717) is 11.3 Å². The molecule has 0 aromatic heterocycles. The molecule has 3 heteroatoms. The monoisotopic (exact) mass is 170 g/mol. The first kappa shape index (κ1) is 8.84. The topological polar surface area (TPSA) is 29.5 Å². The maximum absolute atomic E-state index is 11.8. The summed E-state index contributed by atoms with van der Waals surface area (Å²) >= 11 is 0. The minimum atomic E-state index is -0.871. The van der Waals surface area contributed by atoms with Gasteiger partial charge in [0.15, 0.2) is 0 Å². The Morgan fingerprint density at radius 2 is 2.08 bits per heavy atom. The molecule has 0 atom stereocenters. The van der Waals surface area contributed by atoms with E-state index in [9.17, 15) is 9.50 Å². The van der Waals surface area contributed by atoms with Gasteiger partial charge < -0.3 is 9.84 Å². The normalized spacial score (nSPS) is 9.92. The Kier molecular flexibility index (Phi) is 2.53. The first-order chi connectivity index (χ1) is 5.65. The maximum atomic E-state index is 11.8. The van der Waals surface area contributed by atoms with Gasteiger partial charge in [-0.25, -0.2) is 4.39 Å². The molecule has 0 aliphatic rings. The third-order valence-electron chi connectivity index (χ3n) is 1.69. The second kappa shape index (κ2) is 3.43. The van der Waals surface area contributed by atoms with Crippen LogP contribution in [-0.4, -0.2) is 12.0 Å². The molecule has 2 nitrogen and oxygen atoms in total. The SMILES string of the molecule is Cc1cc(O)c(C)c(OCF)c1. The summed E-state index contributed by atoms with van der Waals surface area (Å²) in [5.41, 5.74) is 1.42. The molecule has 0 saturated heterocycles. The summed E-state index contributed by atoms with van der Waals surface area (Å²) in [5.74, 6) is 0.536. The number of aromatic hydroxyl groups is 1. The largest absolute Gasteiger partial charge is 0.508 e. The van der Waals surface area contributed by atoms with Crippen molar-refractivity contribution in [2.75, 3.05) is 6.86 Å². The summed E-state index contributed by atoms with van der Waals surface area (Å²) < 4.78 is 16.5. The Morgan fingerprint density at radius 1 is 1.42 bits per heavy atom. The number of hydrogen-bond donors (Lipinski definition) is 1. The van der Waals surface area contributed by atoms with Crippen LogP contribution in [-0.2, 0) is 0 Å². The smallest absolute Gasteiger partial charge is 0.228 e. The molecule has 0 saturated carbocycles. The van der Waals surface area contributed by atoms with Crippen LogP contribution in [0.3, 0.4) is 0 Å². The van der Waals surface area contributed by atoms with Gasteiger partial charge in [0.1, 0.15) is 11.5 Å². The summed E-state index contributed by atoms with van der Waals surface area (Å²) in [5, 5.41) is 9.31. The average Bonchev–Trinajstić information content (AvgIpc) is 2.00. The van der Waals surface area contributed by atoms with Crippen molar-refractivity contribution < 1.29 is 14.2 Å². The van der Waals surface area contributed by atoms with Gasteiger partial charge in [0.05, 0.1) is 0 Å². The number of phenolic OH excluding ortho intramolecular Hbond substituents is 1. The lowest BCUT2D eigenvalue weighted by Crippen LogP contribution is -1.93. The number of halogens is 1. The minimum Gasteiger partial charge on any atom is -0.508 e. The number of ether oxygens (including phenoxy) is 1. The Balaban J connectivity index is 3.09. The molecule has 1 aromatic rings. The van der Waals surface area contributed by atoms with Crippen molar-refractivity contribution in [1.82, 2.24) is 0 Å². The van der Waals surface area contributed by atoms with Gasteiger partial charge in [-0.1, -0.05) is 0 Å². The van der Waals surface area contributed by atoms with Crippen molar-refractivity contribution in [3.05, 3.63) is 23.3 Å². The summed E-state index contributed by atoms with van der Waals surface area (Å²) in [6, 6.07) is 3.30. The molecule has 0 amide bonds. The van der Waals surface area contributed by atoms with E-state index in [1.54, 1.807) is 19.1 Å². The van der Waals surface area contributed by atoms with Crippen LogP contribution >= 0.6 is 0 Å². The molecule has 0 aliphatic carbocycles. The number of hydrogen-bond acceptors (Lipinski definition) is 2. The zero-order valence-corrected chi connectivity index (χ0v) is 7.10. The lowest BCUT2D eigenvalue weighted by molar-refractivity contribution is 0.190. The van der Waals surface area contributed by atoms with Gasteiger partial charge in [-0.05, 0) is 31.5 Å². The van der Waals surface area contributed by atoms with Crippen LogP contribution < -0.4 is 4.74 Å². The lowest BCUT2D eigenvalue weighted by Gasteiger charge is -2.07. The van der Waals surface area contributed by atoms with Crippen LogP contribution in [0, 0.1) is 13.8 Å². The molecule has 0 radical (unpaired) electrons. The van der Waals surface area contributed by atoms with Crippen molar-refractivity contribution >= 4 is 0 Å². The minimum absolute atomic E-state index is 0.137. The molecule has 1 aromatic carbocycles. The fraction of sp³-hybridized carbons (Fsp3) is 0.333. The molecular formula is C9H11FO2. The molecule has 66 valence electrons. The highest BCUT2D eigenvalue weighted by Crippen LogP contribution is 2.28. The van der Waals surface area contributed by atoms with E-state index in [4.69, 9.17) is 0 Å². The van der Waals surface area contributed by atoms with Gasteiger partial charge in [-0.3, -0.25) is 0 Å². The van der Waals surface area contributed by atoms with Gasteiger partial charge >= 0.3 is 0 Å². The maximum Gasteiger partial charge on any atom is 0.228 e. The van der Waals surface area contributed by atoms with Crippen LogP contribution in [0.4, 0.5) is 4.39 Å². The fourth-order valence-corrected chi connectivity index (χ4v) is 1.02. The van der Waals surface area contributed by atoms with Gasteiger partial charge in [-0.2, -0.15) is 0 Å². The summed E-state index contributed by atoms with van der Waals surface area (Å²) in [6.45, 7) is 2.62. The summed E-state index contributed by atoms with van der Waals surface area (Å²) in [4.78, 5) is 0. The molecule has 1 N–H and O–H groups in total. The predicted molar refractivity (Wildman–Crippen MR) is 44.2 cm³/mol. The third kappa shape index (κ3) is 1.67. The number of aryl methyl sites for hydroxylation is 1. The first-order valence-electron chi connectivity index (χ1n) is 3.64. The van der Waals surface area contributed by atoms with Gasteiger partial charge in [0.2, 0.25) is 6.86 Å². The van der Waals surface area contributed by atoms with Crippen molar-refractivity contribution in [2.24, 2.45) is 0 Å². The summed E-state index contributed by atoms with van der Waals surface area (Å²) in [7, 11) is 0. The van der Waals surface area contributed by atoms with Gasteiger partial charge in [0, 0.05) is 5.56 Å². The molecule has 0 bridgehead atoms. The highest BCUT2D eigenvalue weighted by atomic mass is 19.1. The Labute approximate surface area is 70.6 Å². The van der Waals surface area contributed by atoms with Crippen molar-refractivity contribution in [3.8, 4) is 11.5 Å². The molecule has 0 aliphatic heterocycles. The Morgan fingerprint density at radius 3 is 2.67 bits per heavy atom. The standard InChI is InChI=1S/C9H11FO2/c1-6-3-8(11)7(2)9(4-6)12-5-10/h3-4,11H,5H2,1-2H3. The molecule has 12 heavy (non-hydrogen) atoms. The molecule has 0 heterocycles. The van der Waals surface area contributed by atoms with E-state index >= 15 is 0 Å². The van der Waals surface area contributed by atoms with Crippen molar-refractivity contribution in [2.45, 2.75) is 13.8 Å². The van der Waals surface area contributed by atoms with Crippen LogP contribution in [0.5, 0.6) is 11.5 Å². The highest BCUT2D eigenvalue weighted by Gasteiger charge is 2.04. The molecule has 1 rings (SSSR count). The quantitative estimate of drug-likeness (QED) is 0.738. The average molecular weight is 170 g/mol. The Bertz CT molecular complexity index is 284. The van der Waals surface area contributed by atoms with Crippen LogP contribution in [0.1, 0.15) is 11.1 Å². The molecule has 0 spiro atoms. The van der Waals surface area contributed by atoms with Crippen LogP contribution in [0.2, 0.25) is 0 Å². The molecule has 0 fully saturated rings. The number of alkyl halides is 1.